The van der Waals surface area contributed by atoms with Crippen molar-refractivity contribution in [3.8, 4) is 11.5 Å². The molecular formula is C14H11Cl2FO2. The molecule has 0 amide bonds. The van der Waals surface area contributed by atoms with Gasteiger partial charge in [0.05, 0.1) is 11.1 Å². The van der Waals surface area contributed by atoms with Crippen LogP contribution in [0.4, 0.5) is 4.39 Å². The van der Waals surface area contributed by atoms with Crippen LogP contribution in [0.3, 0.4) is 0 Å². The van der Waals surface area contributed by atoms with E-state index in [1.807, 2.05) is 0 Å². The van der Waals surface area contributed by atoms with Crippen LogP contribution in [-0.2, 0) is 0 Å². The van der Waals surface area contributed by atoms with Gasteiger partial charge in [-0.2, -0.15) is 0 Å². The number of aliphatic hydroxyl groups is 1. The van der Waals surface area contributed by atoms with Crippen LogP contribution < -0.4 is 4.74 Å². The van der Waals surface area contributed by atoms with Crippen LogP contribution in [-0.4, -0.2) is 5.11 Å². The minimum absolute atomic E-state index is 0.0358. The third-order valence-electron chi connectivity index (χ3n) is 2.55. The van der Waals surface area contributed by atoms with Gasteiger partial charge in [-0.05, 0) is 42.8 Å². The van der Waals surface area contributed by atoms with Gasteiger partial charge in [0.15, 0.2) is 11.6 Å². The van der Waals surface area contributed by atoms with E-state index in [-0.39, 0.29) is 5.75 Å². The van der Waals surface area contributed by atoms with Crippen molar-refractivity contribution in [1.29, 1.82) is 0 Å². The first-order chi connectivity index (χ1) is 8.97. The average Bonchev–Trinajstić information content (AvgIpc) is 2.34. The lowest BCUT2D eigenvalue weighted by Gasteiger charge is -2.11. The van der Waals surface area contributed by atoms with Gasteiger partial charge < -0.3 is 9.84 Å². The molecule has 5 heteroatoms. The molecule has 0 fully saturated rings. The van der Waals surface area contributed by atoms with Crippen LogP contribution in [0.25, 0.3) is 0 Å². The van der Waals surface area contributed by atoms with E-state index in [9.17, 15) is 9.50 Å². The van der Waals surface area contributed by atoms with Crippen molar-refractivity contribution in [1.82, 2.24) is 0 Å². The molecule has 0 aliphatic heterocycles. The lowest BCUT2D eigenvalue weighted by molar-refractivity contribution is 0.198. The van der Waals surface area contributed by atoms with Gasteiger partial charge in [-0.25, -0.2) is 4.39 Å². The zero-order valence-corrected chi connectivity index (χ0v) is 11.5. The topological polar surface area (TPSA) is 29.5 Å². The van der Waals surface area contributed by atoms with Gasteiger partial charge in [0, 0.05) is 5.02 Å². The molecule has 0 heterocycles. The summed E-state index contributed by atoms with van der Waals surface area (Å²) in [7, 11) is 0. The summed E-state index contributed by atoms with van der Waals surface area (Å²) in [6.07, 6.45) is -0.734. The maximum absolute atomic E-state index is 13.8. The molecule has 0 aromatic heterocycles. The van der Waals surface area contributed by atoms with Gasteiger partial charge in [0.1, 0.15) is 5.75 Å². The van der Waals surface area contributed by atoms with Crippen molar-refractivity contribution >= 4 is 23.2 Å². The van der Waals surface area contributed by atoms with Gasteiger partial charge in [0.25, 0.3) is 0 Å². The Morgan fingerprint density at radius 2 is 1.79 bits per heavy atom. The van der Waals surface area contributed by atoms with E-state index in [2.05, 4.69) is 0 Å². The first kappa shape index (κ1) is 14.1. The Kier molecular flexibility index (Phi) is 4.30. The number of ether oxygens (including phenoxy) is 1. The summed E-state index contributed by atoms with van der Waals surface area (Å²) in [5.41, 5.74) is 0.479. The normalized spacial score (nSPS) is 12.3. The predicted molar refractivity (Wildman–Crippen MR) is 73.6 cm³/mol. The van der Waals surface area contributed by atoms with Crippen LogP contribution in [0.15, 0.2) is 36.4 Å². The second-order valence-corrected chi connectivity index (χ2v) is 4.89. The van der Waals surface area contributed by atoms with Crippen LogP contribution in [0.2, 0.25) is 10.0 Å². The SMILES string of the molecule is CC(O)c1ccc(Oc2ccc(Cl)cc2Cl)c(F)c1. The zero-order chi connectivity index (χ0) is 14.0. The van der Waals surface area contributed by atoms with Crippen molar-refractivity contribution in [2.45, 2.75) is 13.0 Å². The summed E-state index contributed by atoms with van der Waals surface area (Å²) in [5, 5.41) is 10.1. The highest BCUT2D eigenvalue weighted by Crippen LogP contribution is 2.33. The van der Waals surface area contributed by atoms with Gasteiger partial charge in [-0.15, -0.1) is 0 Å². The summed E-state index contributed by atoms with van der Waals surface area (Å²) in [4.78, 5) is 0. The van der Waals surface area contributed by atoms with Crippen molar-refractivity contribution in [2.75, 3.05) is 0 Å². The molecule has 19 heavy (non-hydrogen) atoms. The molecule has 0 saturated heterocycles. The van der Waals surface area contributed by atoms with Gasteiger partial charge in [-0.3, -0.25) is 0 Å². The molecule has 2 nitrogen and oxygen atoms in total. The second kappa shape index (κ2) is 5.78. The number of benzene rings is 2. The lowest BCUT2D eigenvalue weighted by atomic mass is 10.1. The van der Waals surface area contributed by atoms with Crippen molar-refractivity contribution < 1.29 is 14.2 Å². The summed E-state index contributed by atoms with van der Waals surface area (Å²) < 4.78 is 19.2. The Balaban J connectivity index is 2.28. The molecule has 2 aromatic rings. The molecule has 0 saturated carbocycles. The standard InChI is InChI=1S/C14H11Cl2FO2/c1-8(18)9-2-4-14(12(17)6-9)19-13-5-3-10(15)7-11(13)16/h2-8,18H,1H3. The number of hydrogen-bond acceptors (Lipinski definition) is 2. The van der Waals surface area contributed by atoms with Crippen molar-refractivity contribution in [3.05, 3.63) is 57.8 Å². The molecular weight excluding hydrogens is 290 g/mol. The van der Waals surface area contributed by atoms with E-state index in [0.717, 1.165) is 0 Å². The molecule has 0 bridgehead atoms. The Morgan fingerprint density at radius 1 is 1.11 bits per heavy atom. The highest BCUT2D eigenvalue weighted by atomic mass is 35.5. The van der Waals surface area contributed by atoms with Crippen LogP contribution in [0.1, 0.15) is 18.6 Å². The van der Waals surface area contributed by atoms with Crippen molar-refractivity contribution in [3.63, 3.8) is 0 Å². The average molecular weight is 301 g/mol. The number of hydrogen-bond donors (Lipinski definition) is 1. The number of rotatable bonds is 3. The lowest BCUT2D eigenvalue weighted by Crippen LogP contribution is -1.94. The summed E-state index contributed by atoms with van der Waals surface area (Å²) >= 11 is 11.7. The molecule has 0 spiro atoms. The monoisotopic (exact) mass is 300 g/mol. The van der Waals surface area contributed by atoms with Gasteiger partial charge in [0.2, 0.25) is 0 Å². The fourth-order valence-electron chi connectivity index (χ4n) is 1.54. The summed E-state index contributed by atoms with van der Waals surface area (Å²) in [5.74, 6) is -0.215. The highest BCUT2D eigenvalue weighted by molar-refractivity contribution is 6.35. The molecule has 100 valence electrons. The molecule has 1 atom stereocenters. The highest BCUT2D eigenvalue weighted by Gasteiger charge is 2.10. The zero-order valence-electron chi connectivity index (χ0n) is 10.0. The Bertz CT molecular complexity index is 600. The van der Waals surface area contributed by atoms with E-state index in [1.54, 1.807) is 25.1 Å². The molecule has 1 unspecified atom stereocenters. The van der Waals surface area contributed by atoms with Gasteiger partial charge in [-0.1, -0.05) is 29.3 Å². The van der Waals surface area contributed by atoms with Crippen LogP contribution in [0, 0.1) is 5.82 Å². The third kappa shape index (κ3) is 3.38. The Hall–Kier alpha value is -1.29. The van der Waals surface area contributed by atoms with Crippen LogP contribution in [0.5, 0.6) is 11.5 Å². The Labute approximate surface area is 120 Å². The first-order valence-corrected chi connectivity index (χ1v) is 6.33. The van der Waals surface area contributed by atoms with Crippen LogP contribution >= 0.6 is 23.2 Å². The smallest absolute Gasteiger partial charge is 0.166 e. The van der Waals surface area contributed by atoms with E-state index in [1.165, 1.54) is 18.2 Å². The molecule has 2 aromatic carbocycles. The van der Waals surface area contributed by atoms with E-state index >= 15 is 0 Å². The Morgan fingerprint density at radius 3 is 2.37 bits per heavy atom. The summed E-state index contributed by atoms with van der Waals surface area (Å²) in [6.45, 7) is 1.56. The van der Waals surface area contributed by atoms with Gasteiger partial charge >= 0.3 is 0 Å². The van der Waals surface area contributed by atoms with Crippen molar-refractivity contribution in [2.24, 2.45) is 0 Å². The molecule has 1 N–H and O–H groups in total. The third-order valence-corrected chi connectivity index (χ3v) is 3.08. The molecule has 0 aliphatic rings. The minimum Gasteiger partial charge on any atom is -0.453 e. The quantitative estimate of drug-likeness (QED) is 0.866. The van der Waals surface area contributed by atoms with E-state index in [0.29, 0.717) is 21.4 Å². The molecule has 0 aliphatic carbocycles. The van der Waals surface area contributed by atoms with E-state index < -0.39 is 11.9 Å². The second-order valence-electron chi connectivity index (χ2n) is 4.04. The largest absolute Gasteiger partial charge is 0.453 e. The molecule has 2 rings (SSSR count). The molecule has 0 radical (unpaired) electrons. The van der Waals surface area contributed by atoms with E-state index in [4.69, 9.17) is 27.9 Å². The maximum Gasteiger partial charge on any atom is 0.166 e. The predicted octanol–water partition coefficient (Wildman–Crippen LogP) is 4.98. The first-order valence-electron chi connectivity index (χ1n) is 5.58. The fourth-order valence-corrected chi connectivity index (χ4v) is 1.98. The summed E-state index contributed by atoms with van der Waals surface area (Å²) in [6, 6.07) is 8.94. The minimum atomic E-state index is -0.734. The fraction of sp³-hybridized carbons (Fsp3) is 0.143. The number of aliphatic hydroxyl groups excluding tert-OH is 1. The maximum atomic E-state index is 13.8. The number of halogens is 3.